The summed E-state index contributed by atoms with van der Waals surface area (Å²) in [5, 5.41) is 12.9. The minimum Gasteiger partial charge on any atom is -0.378 e. The van der Waals surface area contributed by atoms with Gasteiger partial charge in [0.25, 0.3) is 0 Å². The van der Waals surface area contributed by atoms with Gasteiger partial charge in [-0.1, -0.05) is 37.3 Å². The van der Waals surface area contributed by atoms with Crippen LogP contribution in [0.5, 0.6) is 0 Å². The summed E-state index contributed by atoms with van der Waals surface area (Å²) in [5.74, 6) is 0.124. The van der Waals surface area contributed by atoms with E-state index in [-0.39, 0.29) is 5.92 Å². The molecule has 0 saturated carbocycles. The Kier molecular flexibility index (Phi) is 4.11. The van der Waals surface area contributed by atoms with Gasteiger partial charge in [0.2, 0.25) is 0 Å². The molecule has 0 aliphatic carbocycles. The number of benzene rings is 1. The summed E-state index contributed by atoms with van der Waals surface area (Å²) >= 11 is 0. The lowest BCUT2D eigenvalue weighted by Crippen LogP contribution is -2.38. The second-order valence-corrected chi connectivity index (χ2v) is 3.97. The highest BCUT2D eigenvalue weighted by Gasteiger charge is 2.15. The van der Waals surface area contributed by atoms with Crippen LogP contribution >= 0.6 is 0 Å². The van der Waals surface area contributed by atoms with Crippen molar-refractivity contribution in [3.05, 3.63) is 35.9 Å². The number of nitrogens with one attached hydrogen (secondary N) is 1. The molecule has 2 heteroatoms. The maximum atomic E-state index is 9.83. The molecule has 0 saturated heterocycles. The highest BCUT2D eigenvalue weighted by Crippen LogP contribution is 2.17. The summed E-state index contributed by atoms with van der Waals surface area (Å²) < 4.78 is 0. The Hall–Kier alpha value is -0.860. The first kappa shape index (κ1) is 11.2. The maximum absolute atomic E-state index is 9.83. The molecule has 0 amide bonds. The summed E-state index contributed by atoms with van der Waals surface area (Å²) in [4.78, 5) is 0. The van der Waals surface area contributed by atoms with Gasteiger partial charge < -0.3 is 5.11 Å². The first-order valence-electron chi connectivity index (χ1n) is 5.10. The van der Waals surface area contributed by atoms with Gasteiger partial charge in [0, 0.05) is 12.0 Å². The van der Waals surface area contributed by atoms with Crippen molar-refractivity contribution in [1.82, 2.24) is 5.32 Å². The van der Waals surface area contributed by atoms with E-state index in [1.807, 2.05) is 51.1 Å². The van der Waals surface area contributed by atoms with E-state index in [4.69, 9.17) is 0 Å². The molecule has 2 atom stereocenters. The standard InChI is InChI=1S/C12H19NO/c1-9(2)13-12(14)10(3)11-7-5-4-6-8-11/h4-10,12-14H,1-3H3. The van der Waals surface area contributed by atoms with Crippen molar-refractivity contribution in [1.29, 1.82) is 0 Å². The van der Waals surface area contributed by atoms with Gasteiger partial charge in [-0.2, -0.15) is 0 Å². The number of aliphatic hydroxyl groups is 1. The summed E-state index contributed by atoms with van der Waals surface area (Å²) in [5.41, 5.74) is 1.16. The van der Waals surface area contributed by atoms with Crippen molar-refractivity contribution in [2.24, 2.45) is 0 Å². The van der Waals surface area contributed by atoms with Crippen LogP contribution in [0.15, 0.2) is 30.3 Å². The summed E-state index contributed by atoms with van der Waals surface area (Å²) in [6.45, 7) is 6.08. The predicted molar refractivity (Wildman–Crippen MR) is 59.1 cm³/mol. The zero-order valence-corrected chi connectivity index (χ0v) is 9.07. The van der Waals surface area contributed by atoms with Gasteiger partial charge in [-0.15, -0.1) is 0 Å². The molecule has 0 aliphatic rings. The highest BCUT2D eigenvalue weighted by molar-refractivity contribution is 5.19. The quantitative estimate of drug-likeness (QED) is 0.718. The fraction of sp³-hybridized carbons (Fsp3) is 0.500. The SMILES string of the molecule is CC(C)NC(O)C(C)c1ccccc1. The first-order valence-corrected chi connectivity index (χ1v) is 5.10. The lowest BCUT2D eigenvalue weighted by atomic mass is 9.99. The Morgan fingerprint density at radius 3 is 2.14 bits per heavy atom. The molecule has 0 radical (unpaired) electrons. The molecule has 0 aromatic heterocycles. The third-order valence-electron chi connectivity index (χ3n) is 2.30. The second kappa shape index (κ2) is 5.13. The van der Waals surface area contributed by atoms with Crippen LogP contribution in [0.4, 0.5) is 0 Å². The van der Waals surface area contributed by atoms with E-state index in [9.17, 15) is 5.11 Å². The molecule has 0 aliphatic heterocycles. The molecule has 14 heavy (non-hydrogen) atoms. The van der Waals surface area contributed by atoms with Gasteiger partial charge >= 0.3 is 0 Å². The van der Waals surface area contributed by atoms with Crippen molar-refractivity contribution >= 4 is 0 Å². The van der Waals surface area contributed by atoms with E-state index < -0.39 is 6.23 Å². The Balaban J connectivity index is 2.61. The number of hydrogen-bond acceptors (Lipinski definition) is 2. The maximum Gasteiger partial charge on any atom is 0.111 e. The zero-order chi connectivity index (χ0) is 10.6. The third kappa shape index (κ3) is 3.13. The van der Waals surface area contributed by atoms with Crippen LogP contribution in [0.2, 0.25) is 0 Å². The lowest BCUT2D eigenvalue weighted by molar-refractivity contribution is 0.104. The molecule has 2 N–H and O–H groups in total. The van der Waals surface area contributed by atoms with Crippen LogP contribution in [0.1, 0.15) is 32.3 Å². The van der Waals surface area contributed by atoms with Crippen LogP contribution in [0, 0.1) is 0 Å². The van der Waals surface area contributed by atoms with E-state index in [1.54, 1.807) is 0 Å². The zero-order valence-electron chi connectivity index (χ0n) is 9.07. The molecule has 1 aromatic rings. The monoisotopic (exact) mass is 193 g/mol. The smallest absolute Gasteiger partial charge is 0.111 e. The summed E-state index contributed by atoms with van der Waals surface area (Å²) in [6, 6.07) is 10.3. The third-order valence-corrected chi connectivity index (χ3v) is 2.30. The first-order chi connectivity index (χ1) is 6.61. The van der Waals surface area contributed by atoms with Crippen LogP contribution in [-0.4, -0.2) is 17.4 Å². The van der Waals surface area contributed by atoms with Gasteiger partial charge in [-0.25, -0.2) is 0 Å². The number of hydrogen-bond donors (Lipinski definition) is 2. The molecule has 78 valence electrons. The second-order valence-electron chi connectivity index (χ2n) is 3.97. The molecule has 1 rings (SSSR count). The topological polar surface area (TPSA) is 32.3 Å². The fourth-order valence-corrected chi connectivity index (χ4v) is 1.42. The minimum absolute atomic E-state index is 0.124. The summed E-state index contributed by atoms with van der Waals surface area (Å²) in [7, 11) is 0. The molecule has 2 nitrogen and oxygen atoms in total. The molecule has 0 fully saturated rings. The van der Waals surface area contributed by atoms with E-state index >= 15 is 0 Å². The van der Waals surface area contributed by atoms with Crippen LogP contribution in [-0.2, 0) is 0 Å². The Bertz CT molecular complexity index is 258. The molecule has 0 heterocycles. The largest absolute Gasteiger partial charge is 0.378 e. The predicted octanol–water partition coefficient (Wildman–Crippen LogP) is 2.11. The average Bonchev–Trinajstić information content (AvgIpc) is 2.17. The van der Waals surface area contributed by atoms with E-state index in [2.05, 4.69) is 5.32 Å². The van der Waals surface area contributed by atoms with Crippen molar-refractivity contribution in [2.45, 2.75) is 39.0 Å². The fourth-order valence-electron chi connectivity index (χ4n) is 1.42. The van der Waals surface area contributed by atoms with Gasteiger partial charge in [-0.3, -0.25) is 5.32 Å². The van der Waals surface area contributed by atoms with E-state index in [0.29, 0.717) is 6.04 Å². The van der Waals surface area contributed by atoms with Gasteiger partial charge in [0.05, 0.1) is 0 Å². The van der Waals surface area contributed by atoms with Gasteiger partial charge in [0.1, 0.15) is 6.23 Å². The van der Waals surface area contributed by atoms with Crippen LogP contribution in [0.25, 0.3) is 0 Å². The van der Waals surface area contributed by atoms with Crippen LogP contribution in [0.3, 0.4) is 0 Å². The van der Waals surface area contributed by atoms with Gasteiger partial charge in [0.15, 0.2) is 0 Å². The van der Waals surface area contributed by atoms with Crippen molar-refractivity contribution in [2.75, 3.05) is 0 Å². The molecule has 2 unspecified atom stereocenters. The van der Waals surface area contributed by atoms with Crippen molar-refractivity contribution in [3.63, 3.8) is 0 Å². The molecule has 1 aromatic carbocycles. The Morgan fingerprint density at radius 1 is 1.07 bits per heavy atom. The molecule has 0 bridgehead atoms. The number of rotatable bonds is 4. The molecule has 0 spiro atoms. The van der Waals surface area contributed by atoms with Gasteiger partial charge in [-0.05, 0) is 19.4 Å². The minimum atomic E-state index is -0.475. The Labute approximate surface area is 86.0 Å². The number of aliphatic hydroxyl groups excluding tert-OH is 1. The van der Waals surface area contributed by atoms with Crippen LogP contribution < -0.4 is 5.32 Å². The average molecular weight is 193 g/mol. The molecular formula is C12H19NO. The van der Waals surface area contributed by atoms with E-state index in [1.165, 1.54) is 0 Å². The summed E-state index contributed by atoms with van der Waals surface area (Å²) in [6.07, 6.45) is -0.475. The normalized spacial score (nSPS) is 15.5. The van der Waals surface area contributed by atoms with Crippen molar-refractivity contribution < 1.29 is 5.11 Å². The van der Waals surface area contributed by atoms with E-state index in [0.717, 1.165) is 5.56 Å². The lowest BCUT2D eigenvalue weighted by Gasteiger charge is -2.22. The molecular weight excluding hydrogens is 174 g/mol. The Morgan fingerprint density at radius 2 is 1.64 bits per heavy atom. The highest BCUT2D eigenvalue weighted by atomic mass is 16.3. The van der Waals surface area contributed by atoms with Crippen molar-refractivity contribution in [3.8, 4) is 0 Å².